The molecule has 0 radical (unpaired) electrons. The maximum atomic E-state index is 11.8. The van der Waals surface area contributed by atoms with Gasteiger partial charge in [-0.15, -0.1) is 0 Å². The largest absolute Gasteiger partial charge is 0.484 e. The molecule has 0 heterocycles. The van der Waals surface area contributed by atoms with Crippen LogP contribution in [0.1, 0.15) is 13.3 Å². The quantitative estimate of drug-likeness (QED) is 0.841. The van der Waals surface area contributed by atoms with Gasteiger partial charge in [-0.2, -0.15) is 13.2 Å². The summed E-state index contributed by atoms with van der Waals surface area (Å²) in [6.45, 7) is 1.62. The number of hydrogen-bond donors (Lipinski definition) is 1. The zero-order chi connectivity index (χ0) is 12.0. The van der Waals surface area contributed by atoms with Gasteiger partial charge in [-0.05, 0) is 30.7 Å². The lowest BCUT2D eigenvalue weighted by Crippen LogP contribution is -2.19. The van der Waals surface area contributed by atoms with Gasteiger partial charge in [-0.3, -0.25) is 0 Å². The summed E-state index contributed by atoms with van der Waals surface area (Å²) in [5.41, 5.74) is 0.876. The topological polar surface area (TPSA) is 21.3 Å². The van der Waals surface area contributed by atoms with Gasteiger partial charge in [0.05, 0.1) is 0 Å². The Labute approximate surface area is 92.4 Å². The van der Waals surface area contributed by atoms with Crippen LogP contribution in [0.4, 0.5) is 18.9 Å². The minimum absolute atomic E-state index is 0.222. The van der Waals surface area contributed by atoms with Crippen molar-refractivity contribution in [3.63, 3.8) is 0 Å². The van der Waals surface area contributed by atoms with E-state index < -0.39 is 12.8 Å². The molecule has 1 rings (SSSR count). The highest BCUT2D eigenvalue weighted by atomic mass is 19.4. The Hall–Kier alpha value is -1.39. The summed E-state index contributed by atoms with van der Waals surface area (Å²) in [6.07, 6.45) is -3.30. The number of alkyl halides is 3. The van der Waals surface area contributed by atoms with E-state index in [2.05, 4.69) is 10.1 Å². The fourth-order valence-corrected chi connectivity index (χ4v) is 1.10. The Bertz CT molecular complexity index is 308. The van der Waals surface area contributed by atoms with Crippen molar-refractivity contribution >= 4 is 5.69 Å². The Morgan fingerprint density at radius 2 is 1.81 bits per heavy atom. The van der Waals surface area contributed by atoms with E-state index in [-0.39, 0.29) is 5.75 Å². The molecule has 1 aromatic carbocycles. The van der Waals surface area contributed by atoms with Crippen molar-refractivity contribution in [2.75, 3.05) is 18.5 Å². The third-order valence-electron chi connectivity index (χ3n) is 1.84. The average Bonchev–Trinajstić information content (AvgIpc) is 2.24. The van der Waals surface area contributed by atoms with Crippen LogP contribution in [0.15, 0.2) is 24.3 Å². The first-order chi connectivity index (χ1) is 7.51. The molecule has 0 atom stereocenters. The monoisotopic (exact) mass is 233 g/mol. The lowest BCUT2D eigenvalue weighted by Gasteiger charge is -2.10. The third-order valence-corrected chi connectivity index (χ3v) is 1.84. The van der Waals surface area contributed by atoms with Crippen LogP contribution in [0, 0.1) is 0 Å². The molecule has 0 spiro atoms. The second-order valence-electron chi connectivity index (χ2n) is 3.36. The van der Waals surface area contributed by atoms with Crippen LogP contribution in [0.3, 0.4) is 0 Å². The van der Waals surface area contributed by atoms with Crippen LogP contribution < -0.4 is 10.1 Å². The van der Waals surface area contributed by atoms with Crippen molar-refractivity contribution in [3.05, 3.63) is 24.3 Å². The number of nitrogens with one attached hydrogen (secondary N) is 1. The van der Waals surface area contributed by atoms with E-state index in [1.165, 1.54) is 12.1 Å². The van der Waals surface area contributed by atoms with E-state index in [9.17, 15) is 13.2 Å². The highest BCUT2D eigenvalue weighted by Crippen LogP contribution is 2.20. The van der Waals surface area contributed by atoms with Crippen LogP contribution in [0.2, 0.25) is 0 Å². The standard InChI is InChI=1S/C11H14F3NO/c1-2-7-15-9-3-5-10(6-4-9)16-8-11(12,13)14/h3-6,15H,2,7-8H2,1H3. The van der Waals surface area contributed by atoms with Crippen molar-refractivity contribution in [3.8, 4) is 5.75 Å². The molecular weight excluding hydrogens is 219 g/mol. The maximum Gasteiger partial charge on any atom is 0.422 e. The Balaban J connectivity index is 2.45. The lowest BCUT2D eigenvalue weighted by molar-refractivity contribution is -0.153. The van der Waals surface area contributed by atoms with E-state index >= 15 is 0 Å². The Kier molecular flexibility index (Phi) is 4.46. The molecule has 5 heteroatoms. The van der Waals surface area contributed by atoms with Crippen molar-refractivity contribution in [1.29, 1.82) is 0 Å². The number of hydrogen-bond acceptors (Lipinski definition) is 2. The van der Waals surface area contributed by atoms with Gasteiger partial charge in [0.15, 0.2) is 6.61 Å². The molecular formula is C11H14F3NO. The molecule has 1 aromatic rings. The molecule has 90 valence electrons. The van der Waals surface area contributed by atoms with E-state index in [0.29, 0.717) is 0 Å². The summed E-state index contributed by atoms with van der Waals surface area (Å²) in [5.74, 6) is 0.222. The number of rotatable bonds is 5. The highest BCUT2D eigenvalue weighted by Gasteiger charge is 2.28. The van der Waals surface area contributed by atoms with Crippen LogP contribution in [0.25, 0.3) is 0 Å². The molecule has 1 N–H and O–H groups in total. The van der Waals surface area contributed by atoms with Gasteiger partial charge in [-0.25, -0.2) is 0 Å². The predicted molar refractivity (Wildman–Crippen MR) is 56.8 cm³/mol. The molecule has 0 fully saturated rings. The smallest absolute Gasteiger partial charge is 0.422 e. The Morgan fingerprint density at radius 3 is 2.31 bits per heavy atom. The summed E-state index contributed by atoms with van der Waals surface area (Å²) in [4.78, 5) is 0. The van der Waals surface area contributed by atoms with Crippen LogP contribution in [-0.2, 0) is 0 Å². The zero-order valence-corrected chi connectivity index (χ0v) is 8.97. The predicted octanol–water partition coefficient (Wildman–Crippen LogP) is 3.45. The van der Waals surface area contributed by atoms with E-state index in [4.69, 9.17) is 0 Å². The van der Waals surface area contributed by atoms with Gasteiger partial charge < -0.3 is 10.1 Å². The molecule has 0 saturated heterocycles. The van der Waals surface area contributed by atoms with Crippen molar-refractivity contribution in [2.45, 2.75) is 19.5 Å². The first-order valence-electron chi connectivity index (χ1n) is 5.05. The van der Waals surface area contributed by atoms with Crippen LogP contribution in [0.5, 0.6) is 5.75 Å². The minimum atomic E-state index is -4.29. The van der Waals surface area contributed by atoms with Gasteiger partial charge >= 0.3 is 6.18 Å². The SMILES string of the molecule is CCCNc1ccc(OCC(F)(F)F)cc1. The average molecular weight is 233 g/mol. The summed E-state index contributed by atoms with van der Waals surface area (Å²) < 4.78 is 40.1. The van der Waals surface area contributed by atoms with E-state index in [1.54, 1.807) is 12.1 Å². The molecule has 0 amide bonds. The molecule has 16 heavy (non-hydrogen) atoms. The number of anilines is 1. The maximum absolute atomic E-state index is 11.8. The van der Waals surface area contributed by atoms with Crippen LogP contribution >= 0.6 is 0 Å². The van der Waals surface area contributed by atoms with E-state index in [1.807, 2.05) is 6.92 Å². The number of ether oxygens (including phenoxy) is 1. The van der Waals surface area contributed by atoms with Crippen molar-refractivity contribution in [1.82, 2.24) is 0 Å². The van der Waals surface area contributed by atoms with Gasteiger partial charge in [0.2, 0.25) is 0 Å². The molecule has 2 nitrogen and oxygen atoms in total. The third kappa shape index (κ3) is 4.91. The fourth-order valence-electron chi connectivity index (χ4n) is 1.10. The van der Waals surface area contributed by atoms with Gasteiger partial charge in [0.25, 0.3) is 0 Å². The second kappa shape index (κ2) is 5.63. The van der Waals surface area contributed by atoms with Gasteiger partial charge in [0.1, 0.15) is 5.75 Å². The molecule has 0 saturated carbocycles. The van der Waals surface area contributed by atoms with Crippen LogP contribution in [-0.4, -0.2) is 19.3 Å². The van der Waals surface area contributed by atoms with Crippen molar-refractivity contribution in [2.24, 2.45) is 0 Å². The van der Waals surface area contributed by atoms with Crippen molar-refractivity contribution < 1.29 is 17.9 Å². The zero-order valence-electron chi connectivity index (χ0n) is 8.97. The summed E-state index contributed by atoms with van der Waals surface area (Å²) >= 11 is 0. The normalized spacial score (nSPS) is 11.2. The molecule has 0 aliphatic carbocycles. The second-order valence-corrected chi connectivity index (χ2v) is 3.36. The molecule has 0 unspecified atom stereocenters. The molecule has 0 aliphatic heterocycles. The highest BCUT2D eigenvalue weighted by molar-refractivity contribution is 5.46. The van der Waals surface area contributed by atoms with Gasteiger partial charge in [-0.1, -0.05) is 6.92 Å². The summed E-state index contributed by atoms with van der Waals surface area (Å²) in [6, 6.07) is 6.43. The number of halogens is 3. The molecule has 0 bridgehead atoms. The molecule has 0 aliphatic rings. The van der Waals surface area contributed by atoms with E-state index in [0.717, 1.165) is 18.7 Å². The fraction of sp³-hybridized carbons (Fsp3) is 0.455. The number of benzene rings is 1. The van der Waals surface area contributed by atoms with Gasteiger partial charge in [0, 0.05) is 12.2 Å². The molecule has 0 aromatic heterocycles. The lowest BCUT2D eigenvalue weighted by atomic mass is 10.3. The first-order valence-corrected chi connectivity index (χ1v) is 5.05. The first kappa shape index (κ1) is 12.7. The Morgan fingerprint density at radius 1 is 1.19 bits per heavy atom. The minimum Gasteiger partial charge on any atom is -0.484 e. The summed E-state index contributed by atoms with van der Waals surface area (Å²) in [5, 5.41) is 3.12. The summed E-state index contributed by atoms with van der Waals surface area (Å²) in [7, 11) is 0.